The molecule has 150 valence electrons. The first kappa shape index (κ1) is 20.5. The van der Waals surface area contributed by atoms with Gasteiger partial charge < -0.3 is 5.32 Å². The van der Waals surface area contributed by atoms with Crippen LogP contribution in [0.5, 0.6) is 0 Å². The molecule has 0 saturated carbocycles. The van der Waals surface area contributed by atoms with E-state index in [4.69, 9.17) is 0 Å². The molecule has 0 atom stereocenters. The van der Waals surface area contributed by atoms with Gasteiger partial charge in [0, 0.05) is 18.7 Å². The van der Waals surface area contributed by atoms with E-state index in [1.54, 1.807) is 18.2 Å². The van der Waals surface area contributed by atoms with Crippen molar-refractivity contribution in [2.24, 2.45) is 0 Å². The van der Waals surface area contributed by atoms with Crippen molar-refractivity contribution < 1.29 is 22.0 Å². The van der Waals surface area contributed by atoms with Crippen molar-refractivity contribution in [3.63, 3.8) is 0 Å². The fraction of sp³-hybridized carbons (Fsp3) is 0.0952. The molecule has 0 radical (unpaired) electrons. The number of hydrogen-bond acceptors (Lipinski definition) is 3. The highest BCUT2D eigenvalue weighted by atomic mass is 32.2. The first-order valence-corrected chi connectivity index (χ1v) is 10.0. The van der Waals surface area contributed by atoms with Crippen LogP contribution in [-0.2, 0) is 10.0 Å². The summed E-state index contributed by atoms with van der Waals surface area (Å²) >= 11 is 0. The van der Waals surface area contributed by atoms with Crippen molar-refractivity contribution in [3.8, 4) is 0 Å². The van der Waals surface area contributed by atoms with Gasteiger partial charge in [-0.2, -0.15) is 0 Å². The second-order valence-corrected chi connectivity index (χ2v) is 8.38. The van der Waals surface area contributed by atoms with Gasteiger partial charge in [0.2, 0.25) is 0 Å². The highest BCUT2D eigenvalue weighted by Gasteiger charge is 2.22. The summed E-state index contributed by atoms with van der Waals surface area (Å²) in [7, 11) is -2.44. The summed E-state index contributed by atoms with van der Waals surface area (Å²) < 4.78 is 53.5. The Morgan fingerprint density at radius 2 is 1.66 bits per heavy atom. The maximum atomic E-state index is 13.8. The number of aryl methyl sites for hydroxylation is 1. The van der Waals surface area contributed by atoms with Gasteiger partial charge in [0.25, 0.3) is 15.9 Å². The van der Waals surface area contributed by atoms with Crippen LogP contribution >= 0.6 is 0 Å². The number of rotatable bonds is 5. The Bertz CT molecular complexity index is 1160. The van der Waals surface area contributed by atoms with Crippen LogP contribution in [0.25, 0.3) is 0 Å². The van der Waals surface area contributed by atoms with E-state index in [-0.39, 0.29) is 21.8 Å². The predicted molar refractivity (Wildman–Crippen MR) is 108 cm³/mol. The van der Waals surface area contributed by atoms with E-state index in [2.05, 4.69) is 5.32 Å². The number of sulfonamides is 1. The third-order valence-electron chi connectivity index (χ3n) is 4.33. The van der Waals surface area contributed by atoms with Gasteiger partial charge in [0.1, 0.15) is 11.6 Å². The number of nitrogens with one attached hydrogen (secondary N) is 1. The van der Waals surface area contributed by atoms with Crippen LogP contribution in [0.15, 0.2) is 71.6 Å². The lowest BCUT2D eigenvalue weighted by molar-refractivity contribution is 0.102. The zero-order valence-electron chi connectivity index (χ0n) is 15.7. The van der Waals surface area contributed by atoms with Crippen molar-refractivity contribution >= 4 is 27.3 Å². The third kappa shape index (κ3) is 4.43. The van der Waals surface area contributed by atoms with E-state index in [1.165, 1.54) is 37.4 Å². The van der Waals surface area contributed by atoms with E-state index in [0.717, 1.165) is 22.0 Å². The molecule has 1 N–H and O–H groups in total. The van der Waals surface area contributed by atoms with Crippen LogP contribution in [0.4, 0.5) is 20.2 Å². The fourth-order valence-corrected chi connectivity index (χ4v) is 3.82. The molecular formula is C21H18F2N2O3S. The molecule has 0 bridgehead atoms. The first-order valence-electron chi connectivity index (χ1n) is 8.60. The van der Waals surface area contributed by atoms with Gasteiger partial charge in [0.15, 0.2) is 0 Å². The lowest BCUT2D eigenvalue weighted by atomic mass is 10.2. The zero-order valence-corrected chi connectivity index (χ0v) is 16.5. The summed E-state index contributed by atoms with van der Waals surface area (Å²) in [4.78, 5) is 12.6. The van der Waals surface area contributed by atoms with Gasteiger partial charge in [-0.25, -0.2) is 17.2 Å². The molecule has 0 heterocycles. The maximum absolute atomic E-state index is 13.8. The van der Waals surface area contributed by atoms with Crippen LogP contribution in [0.2, 0.25) is 0 Å². The summed E-state index contributed by atoms with van der Waals surface area (Å²) in [6, 6.07) is 15.1. The number of anilines is 2. The SMILES string of the molecule is Cc1ccc(S(=O)(=O)N(C)c2cccc(C(=O)Nc3ccc(F)cc3F)c2)cc1. The van der Waals surface area contributed by atoms with Crippen LogP contribution in [0.1, 0.15) is 15.9 Å². The number of carbonyl (C=O) groups excluding carboxylic acids is 1. The predicted octanol–water partition coefficient (Wildman–Crippen LogP) is 4.35. The largest absolute Gasteiger partial charge is 0.319 e. The number of halogens is 2. The van der Waals surface area contributed by atoms with Crippen molar-refractivity contribution in [2.45, 2.75) is 11.8 Å². The lowest BCUT2D eigenvalue weighted by Crippen LogP contribution is -2.27. The molecule has 3 aromatic rings. The molecule has 0 spiro atoms. The molecular weight excluding hydrogens is 398 g/mol. The summed E-state index contributed by atoms with van der Waals surface area (Å²) in [6.45, 7) is 1.85. The maximum Gasteiger partial charge on any atom is 0.264 e. The number of benzene rings is 3. The average Bonchev–Trinajstić information content (AvgIpc) is 2.70. The van der Waals surface area contributed by atoms with Crippen LogP contribution < -0.4 is 9.62 Å². The minimum absolute atomic E-state index is 0.119. The number of nitrogens with zero attached hydrogens (tertiary/aromatic N) is 1. The first-order chi connectivity index (χ1) is 13.7. The Hall–Kier alpha value is -3.26. The van der Waals surface area contributed by atoms with Gasteiger partial charge in [-0.1, -0.05) is 23.8 Å². The quantitative estimate of drug-likeness (QED) is 0.672. The highest BCUT2D eigenvalue weighted by molar-refractivity contribution is 7.92. The molecule has 5 nitrogen and oxygen atoms in total. The van der Waals surface area contributed by atoms with Crippen molar-refractivity contribution in [1.29, 1.82) is 0 Å². The Kier molecular flexibility index (Phi) is 5.65. The minimum atomic E-state index is -3.82. The monoisotopic (exact) mass is 416 g/mol. The molecule has 1 amide bonds. The van der Waals surface area contributed by atoms with Gasteiger partial charge in [-0.05, 0) is 49.4 Å². The molecule has 0 aliphatic heterocycles. The summed E-state index contributed by atoms with van der Waals surface area (Å²) in [5.41, 5.74) is 1.13. The number of hydrogen-bond donors (Lipinski definition) is 1. The van der Waals surface area contributed by atoms with Crippen molar-refractivity contribution in [1.82, 2.24) is 0 Å². The molecule has 0 saturated heterocycles. The molecule has 0 aliphatic carbocycles. The second-order valence-electron chi connectivity index (χ2n) is 6.41. The minimum Gasteiger partial charge on any atom is -0.319 e. The Balaban J connectivity index is 1.86. The van der Waals surface area contributed by atoms with Crippen LogP contribution in [0.3, 0.4) is 0 Å². The molecule has 3 aromatic carbocycles. The average molecular weight is 416 g/mol. The standard InChI is InChI=1S/C21H18F2N2O3S/c1-14-6-9-18(10-7-14)29(27,28)25(2)17-5-3-4-15(12-17)21(26)24-20-11-8-16(22)13-19(20)23/h3-13H,1-2H3,(H,24,26). The molecule has 0 fully saturated rings. The van der Waals surface area contributed by atoms with Gasteiger partial charge in [-0.3, -0.25) is 9.10 Å². The van der Waals surface area contributed by atoms with E-state index in [9.17, 15) is 22.0 Å². The van der Waals surface area contributed by atoms with Crippen LogP contribution in [0, 0.1) is 18.6 Å². The zero-order chi connectivity index (χ0) is 21.2. The van der Waals surface area contributed by atoms with Crippen LogP contribution in [-0.4, -0.2) is 21.4 Å². The molecule has 0 unspecified atom stereocenters. The van der Waals surface area contributed by atoms with Gasteiger partial charge >= 0.3 is 0 Å². The van der Waals surface area contributed by atoms with E-state index >= 15 is 0 Å². The highest BCUT2D eigenvalue weighted by Crippen LogP contribution is 2.24. The molecule has 8 heteroatoms. The van der Waals surface area contributed by atoms with Crippen molar-refractivity contribution in [3.05, 3.63) is 89.5 Å². The number of amides is 1. The summed E-state index contributed by atoms with van der Waals surface area (Å²) in [5, 5.41) is 2.35. The van der Waals surface area contributed by atoms with Gasteiger partial charge in [0.05, 0.1) is 16.3 Å². The Morgan fingerprint density at radius 1 is 0.966 bits per heavy atom. The fourth-order valence-electron chi connectivity index (χ4n) is 2.64. The molecule has 3 rings (SSSR count). The Morgan fingerprint density at radius 3 is 2.31 bits per heavy atom. The summed E-state index contributed by atoms with van der Waals surface area (Å²) in [6.07, 6.45) is 0. The van der Waals surface area contributed by atoms with Crippen molar-refractivity contribution in [2.75, 3.05) is 16.7 Å². The third-order valence-corrected chi connectivity index (χ3v) is 6.13. The molecule has 0 aliphatic rings. The lowest BCUT2D eigenvalue weighted by Gasteiger charge is -2.20. The normalized spacial score (nSPS) is 11.2. The Labute approximate surface area is 167 Å². The second kappa shape index (κ2) is 8.00. The van der Waals surface area contributed by atoms with Gasteiger partial charge in [-0.15, -0.1) is 0 Å². The summed E-state index contributed by atoms with van der Waals surface area (Å²) in [5.74, 6) is -2.32. The van der Waals surface area contributed by atoms with E-state index < -0.39 is 27.6 Å². The molecule has 0 aromatic heterocycles. The molecule has 29 heavy (non-hydrogen) atoms. The van der Waals surface area contributed by atoms with E-state index in [1.807, 2.05) is 6.92 Å². The topological polar surface area (TPSA) is 66.5 Å². The number of carbonyl (C=O) groups is 1. The smallest absolute Gasteiger partial charge is 0.264 e. The van der Waals surface area contributed by atoms with E-state index in [0.29, 0.717) is 6.07 Å².